The zero-order valence-electron chi connectivity index (χ0n) is 9.18. The van der Waals surface area contributed by atoms with Crippen LogP contribution in [0.2, 0.25) is 0 Å². The van der Waals surface area contributed by atoms with E-state index in [1.165, 1.54) is 0 Å². The Kier molecular flexibility index (Phi) is 5.05. The molecule has 4 heteroatoms. The fraction of sp³-hybridized carbons (Fsp3) is 0.333. The third-order valence-electron chi connectivity index (χ3n) is 2.18. The summed E-state index contributed by atoms with van der Waals surface area (Å²) in [5.41, 5.74) is 0.843. The van der Waals surface area contributed by atoms with Crippen LogP contribution >= 0.6 is 0 Å². The lowest BCUT2D eigenvalue weighted by molar-refractivity contribution is -0.144. The van der Waals surface area contributed by atoms with Gasteiger partial charge in [-0.2, -0.15) is 0 Å². The van der Waals surface area contributed by atoms with Crippen molar-refractivity contribution >= 4 is 12.4 Å². The highest BCUT2D eigenvalue weighted by Gasteiger charge is 2.21. The summed E-state index contributed by atoms with van der Waals surface area (Å²) in [5, 5.41) is 2.50. The minimum Gasteiger partial charge on any atom is -0.465 e. The van der Waals surface area contributed by atoms with E-state index in [4.69, 9.17) is 4.74 Å². The van der Waals surface area contributed by atoms with Crippen molar-refractivity contribution < 1.29 is 14.3 Å². The molecule has 86 valence electrons. The molecule has 0 fully saturated rings. The number of ether oxygens (including phenoxy) is 1. The SMILES string of the molecule is CCOC(=O)C(CNC=O)c1ccccc1. The lowest BCUT2D eigenvalue weighted by Gasteiger charge is -2.15. The zero-order valence-corrected chi connectivity index (χ0v) is 9.18. The maximum atomic E-state index is 11.7. The van der Waals surface area contributed by atoms with Gasteiger partial charge in [-0.15, -0.1) is 0 Å². The standard InChI is InChI=1S/C12H15NO3/c1-2-16-12(15)11(8-13-9-14)10-6-4-3-5-7-10/h3-7,9,11H,2,8H2,1H3,(H,13,14). The van der Waals surface area contributed by atoms with Crippen molar-refractivity contribution in [2.75, 3.05) is 13.2 Å². The fourth-order valence-corrected chi connectivity index (χ4v) is 1.43. The highest BCUT2D eigenvalue weighted by Crippen LogP contribution is 2.16. The number of esters is 1. The topological polar surface area (TPSA) is 55.4 Å². The second-order valence-corrected chi connectivity index (χ2v) is 3.24. The van der Waals surface area contributed by atoms with E-state index in [0.29, 0.717) is 13.0 Å². The fourth-order valence-electron chi connectivity index (χ4n) is 1.43. The summed E-state index contributed by atoms with van der Waals surface area (Å²) >= 11 is 0. The molecule has 0 aromatic heterocycles. The molecule has 0 aliphatic carbocycles. The summed E-state index contributed by atoms with van der Waals surface area (Å²) in [7, 11) is 0. The molecule has 1 atom stereocenters. The second-order valence-electron chi connectivity index (χ2n) is 3.24. The lowest BCUT2D eigenvalue weighted by atomic mass is 9.99. The van der Waals surface area contributed by atoms with Gasteiger partial charge in [-0.25, -0.2) is 0 Å². The number of hydrogen-bond acceptors (Lipinski definition) is 3. The van der Waals surface area contributed by atoms with E-state index >= 15 is 0 Å². The molecule has 0 bridgehead atoms. The van der Waals surface area contributed by atoms with Crippen molar-refractivity contribution in [3.8, 4) is 0 Å². The van der Waals surface area contributed by atoms with Gasteiger partial charge in [0.25, 0.3) is 0 Å². The quantitative estimate of drug-likeness (QED) is 0.577. The molecule has 0 aliphatic heterocycles. The molecule has 0 saturated carbocycles. The third-order valence-corrected chi connectivity index (χ3v) is 2.18. The molecular weight excluding hydrogens is 206 g/mol. The molecule has 0 radical (unpaired) electrons. The molecule has 0 aliphatic rings. The lowest BCUT2D eigenvalue weighted by Crippen LogP contribution is -2.27. The molecule has 1 aromatic rings. The predicted octanol–water partition coefficient (Wildman–Crippen LogP) is 1.08. The van der Waals surface area contributed by atoms with Crippen LogP contribution in [-0.2, 0) is 14.3 Å². The van der Waals surface area contributed by atoms with E-state index < -0.39 is 5.92 Å². The number of amides is 1. The van der Waals surface area contributed by atoms with Crippen LogP contribution < -0.4 is 5.32 Å². The van der Waals surface area contributed by atoms with E-state index in [1.54, 1.807) is 6.92 Å². The van der Waals surface area contributed by atoms with Crippen LogP contribution in [0.25, 0.3) is 0 Å². The normalized spacial score (nSPS) is 11.6. The summed E-state index contributed by atoms with van der Waals surface area (Å²) in [5.74, 6) is -0.755. The van der Waals surface area contributed by atoms with Crippen molar-refractivity contribution in [3.05, 3.63) is 35.9 Å². The van der Waals surface area contributed by atoms with Gasteiger partial charge >= 0.3 is 5.97 Å². The van der Waals surface area contributed by atoms with Gasteiger partial charge in [-0.05, 0) is 12.5 Å². The number of rotatable bonds is 6. The van der Waals surface area contributed by atoms with Gasteiger partial charge < -0.3 is 10.1 Å². The molecule has 0 heterocycles. The Balaban J connectivity index is 2.78. The number of carbonyl (C=O) groups is 2. The maximum absolute atomic E-state index is 11.7. The first-order valence-electron chi connectivity index (χ1n) is 5.18. The summed E-state index contributed by atoms with van der Waals surface area (Å²) < 4.78 is 4.96. The highest BCUT2D eigenvalue weighted by molar-refractivity contribution is 5.78. The molecule has 0 saturated heterocycles. The van der Waals surface area contributed by atoms with Crippen molar-refractivity contribution in [3.63, 3.8) is 0 Å². The van der Waals surface area contributed by atoms with Crippen molar-refractivity contribution in [1.29, 1.82) is 0 Å². The average molecular weight is 221 g/mol. The average Bonchev–Trinajstić information content (AvgIpc) is 2.31. The summed E-state index contributed by atoms with van der Waals surface area (Å²) in [6.07, 6.45) is 0.579. The molecule has 1 N–H and O–H groups in total. The molecule has 16 heavy (non-hydrogen) atoms. The van der Waals surface area contributed by atoms with E-state index in [9.17, 15) is 9.59 Å². The van der Waals surface area contributed by atoms with Crippen LogP contribution in [0.4, 0.5) is 0 Å². The molecule has 1 rings (SSSR count). The monoisotopic (exact) mass is 221 g/mol. The molecule has 4 nitrogen and oxygen atoms in total. The Bertz CT molecular complexity index is 337. The Morgan fingerprint density at radius 3 is 2.69 bits per heavy atom. The largest absolute Gasteiger partial charge is 0.465 e. The molecule has 1 unspecified atom stereocenters. The minimum atomic E-state index is -0.439. The van der Waals surface area contributed by atoms with Gasteiger partial charge in [0, 0.05) is 6.54 Å². The molecular formula is C12H15NO3. The Hall–Kier alpha value is -1.84. The van der Waals surface area contributed by atoms with Crippen LogP contribution in [0.3, 0.4) is 0 Å². The minimum absolute atomic E-state index is 0.256. The van der Waals surface area contributed by atoms with E-state index in [0.717, 1.165) is 5.56 Å². The second kappa shape index (κ2) is 6.61. The van der Waals surface area contributed by atoms with Gasteiger partial charge in [0.05, 0.1) is 12.5 Å². The van der Waals surface area contributed by atoms with Gasteiger partial charge in [0.1, 0.15) is 0 Å². The first kappa shape index (κ1) is 12.2. The Morgan fingerprint density at radius 1 is 1.44 bits per heavy atom. The number of nitrogens with one attached hydrogen (secondary N) is 1. The number of carbonyl (C=O) groups excluding carboxylic acids is 2. The predicted molar refractivity (Wildman–Crippen MR) is 59.9 cm³/mol. The molecule has 1 aromatic carbocycles. The van der Waals surface area contributed by atoms with Gasteiger partial charge in [0.15, 0.2) is 0 Å². The number of hydrogen-bond donors (Lipinski definition) is 1. The molecule has 1 amide bonds. The van der Waals surface area contributed by atoms with Crippen LogP contribution in [-0.4, -0.2) is 25.5 Å². The summed E-state index contributed by atoms with van der Waals surface area (Å²) in [6, 6.07) is 9.26. The Labute approximate surface area is 94.6 Å². The van der Waals surface area contributed by atoms with Crippen LogP contribution in [0, 0.1) is 0 Å². The van der Waals surface area contributed by atoms with Crippen LogP contribution in [0.1, 0.15) is 18.4 Å². The molecule has 0 spiro atoms. The summed E-state index contributed by atoms with van der Waals surface area (Å²) in [6.45, 7) is 2.35. The van der Waals surface area contributed by atoms with Crippen LogP contribution in [0.5, 0.6) is 0 Å². The zero-order chi connectivity index (χ0) is 11.8. The first-order chi connectivity index (χ1) is 7.79. The smallest absolute Gasteiger partial charge is 0.315 e. The van der Waals surface area contributed by atoms with E-state index in [-0.39, 0.29) is 12.5 Å². The van der Waals surface area contributed by atoms with Crippen molar-refractivity contribution in [1.82, 2.24) is 5.32 Å². The van der Waals surface area contributed by atoms with Gasteiger partial charge in [-0.1, -0.05) is 30.3 Å². The first-order valence-corrected chi connectivity index (χ1v) is 5.18. The maximum Gasteiger partial charge on any atom is 0.315 e. The highest BCUT2D eigenvalue weighted by atomic mass is 16.5. The van der Waals surface area contributed by atoms with Crippen LogP contribution in [0.15, 0.2) is 30.3 Å². The summed E-state index contributed by atoms with van der Waals surface area (Å²) in [4.78, 5) is 21.9. The van der Waals surface area contributed by atoms with E-state index in [2.05, 4.69) is 5.32 Å². The van der Waals surface area contributed by atoms with Gasteiger partial charge in [-0.3, -0.25) is 9.59 Å². The van der Waals surface area contributed by atoms with Crippen molar-refractivity contribution in [2.24, 2.45) is 0 Å². The van der Waals surface area contributed by atoms with E-state index in [1.807, 2.05) is 30.3 Å². The Morgan fingerprint density at radius 2 is 2.12 bits per heavy atom. The third kappa shape index (κ3) is 3.38. The van der Waals surface area contributed by atoms with Crippen molar-refractivity contribution in [2.45, 2.75) is 12.8 Å². The number of benzene rings is 1. The van der Waals surface area contributed by atoms with Gasteiger partial charge in [0.2, 0.25) is 6.41 Å².